The van der Waals surface area contributed by atoms with Crippen molar-refractivity contribution in [2.45, 2.75) is 84.0 Å². The minimum absolute atomic E-state index is 0. The molecule has 1 radical (unpaired) electrons. The molecule has 0 spiro atoms. The molecule has 56 heavy (non-hydrogen) atoms. The largest absolute Gasteiger partial charge is 0.486 e. The van der Waals surface area contributed by atoms with Gasteiger partial charge in [-0.05, 0) is 54.2 Å². The number of pyridine rings is 2. The van der Waals surface area contributed by atoms with E-state index in [-0.39, 0.29) is 20.1 Å². The second kappa shape index (κ2) is 17.0. The van der Waals surface area contributed by atoms with Gasteiger partial charge in [-0.1, -0.05) is 69.0 Å². The van der Waals surface area contributed by atoms with E-state index in [1.807, 2.05) is 43.3 Å². The van der Waals surface area contributed by atoms with E-state index < -0.39 is 13.3 Å². The first-order chi connectivity index (χ1) is 26.3. The van der Waals surface area contributed by atoms with Crippen molar-refractivity contribution < 1.29 is 24.5 Å². The third-order valence-corrected chi connectivity index (χ3v) is 14.5. The molecule has 8 rings (SSSR count). The van der Waals surface area contributed by atoms with Crippen molar-refractivity contribution in [2.75, 3.05) is 0 Å². The van der Waals surface area contributed by atoms with Gasteiger partial charge in [-0.15, -0.1) is 18.2 Å². The fraction of sp³-hybridized carbons (Fsp3) is 0.286. The molecule has 0 fully saturated rings. The van der Waals surface area contributed by atoms with Gasteiger partial charge in [0.25, 0.3) is 0 Å². The van der Waals surface area contributed by atoms with E-state index in [9.17, 15) is 0 Å². The SMILES string of the molecule is CC(C)Cc1cc(-c2[c-]cccc2)nc[c]1[Ge]([CH3])([CH3])[CH3].Cc1ccc2c(n1)oc1c(-c3nc4ccccc4n3-c3c(C(C)C)cccc3C(C)C)[c-]ccc12.[Ir]. The average molecular weight is 978 g/mol. The zero-order chi connectivity index (χ0) is 39.0. The van der Waals surface area contributed by atoms with Crippen molar-refractivity contribution in [1.82, 2.24) is 19.5 Å². The Kier molecular flexibility index (Phi) is 12.5. The standard InChI is InChI=1S/C31H28N3O.C18H24GeN.Ir/c1-18(2)21-10-8-11-22(19(3)4)28(21)34-27-15-7-6-14-26(27)33-30(34)25-13-9-12-23-24-17-16-20(5)32-31(24)35-29(23)25;1-14(2)11-16-12-18(15-9-7-6-8-10-15)20-13-17(16)19(3,4)5;/h6-12,14-19H,1-5H3;6-9,12-14H,11H2,1-5H3;/q2*-1;. The van der Waals surface area contributed by atoms with Crippen LogP contribution in [0.2, 0.25) is 17.3 Å². The fourth-order valence-electron chi connectivity index (χ4n) is 7.55. The number of aryl methyl sites for hydroxylation is 1. The van der Waals surface area contributed by atoms with Crippen LogP contribution < -0.4 is 4.40 Å². The summed E-state index contributed by atoms with van der Waals surface area (Å²) in [5.41, 5.74) is 12.7. The Hall–Kier alpha value is -4.36. The van der Waals surface area contributed by atoms with Crippen LogP contribution in [0.4, 0.5) is 0 Å². The Labute approximate surface area is 348 Å². The van der Waals surface area contributed by atoms with E-state index in [0.29, 0.717) is 23.5 Å². The summed E-state index contributed by atoms with van der Waals surface area (Å²) in [6.45, 7) is 15.6. The zero-order valence-electron chi connectivity index (χ0n) is 34.3. The number of hydrogen-bond donors (Lipinski definition) is 0. The number of nitrogens with zero attached hydrogens (tertiary/aromatic N) is 4. The molecule has 7 heteroatoms. The fourth-order valence-corrected chi connectivity index (χ4v) is 10.9. The number of aromatic nitrogens is 4. The monoisotopic (exact) mass is 979 g/mol. The second-order valence-electron chi connectivity index (χ2n) is 16.7. The predicted octanol–water partition coefficient (Wildman–Crippen LogP) is 12.6. The molecule has 0 atom stereocenters. The predicted molar refractivity (Wildman–Crippen MR) is 233 cm³/mol. The molecule has 0 bridgehead atoms. The molecule has 0 aliphatic carbocycles. The Morgan fingerprint density at radius 3 is 2.12 bits per heavy atom. The number of fused-ring (bicyclic) bond motifs is 4. The van der Waals surface area contributed by atoms with E-state index in [1.165, 1.54) is 22.4 Å². The Morgan fingerprint density at radius 2 is 1.46 bits per heavy atom. The zero-order valence-corrected chi connectivity index (χ0v) is 38.8. The normalized spacial score (nSPS) is 11.8. The molecule has 0 aliphatic rings. The van der Waals surface area contributed by atoms with Crippen molar-refractivity contribution in [3.63, 3.8) is 0 Å². The first kappa shape index (κ1) is 41.3. The van der Waals surface area contributed by atoms with Crippen LogP contribution in [0.5, 0.6) is 0 Å². The molecule has 8 aromatic rings. The Bertz CT molecular complexity index is 2590. The summed E-state index contributed by atoms with van der Waals surface area (Å²) in [6.07, 6.45) is 3.27. The molecule has 0 N–H and O–H groups in total. The van der Waals surface area contributed by atoms with Crippen molar-refractivity contribution in [2.24, 2.45) is 5.92 Å². The summed E-state index contributed by atoms with van der Waals surface area (Å²) < 4.78 is 10.2. The van der Waals surface area contributed by atoms with Gasteiger partial charge >= 0.3 is 126 Å². The smallest absolute Gasteiger partial charge is 0.216 e. The Balaban J connectivity index is 0.000000217. The van der Waals surface area contributed by atoms with E-state index >= 15 is 0 Å². The summed E-state index contributed by atoms with van der Waals surface area (Å²) in [5, 5.41) is 2.04. The number of benzene rings is 4. The molecule has 4 aromatic carbocycles. The van der Waals surface area contributed by atoms with E-state index in [4.69, 9.17) is 14.4 Å². The molecule has 4 heterocycles. The van der Waals surface area contributed by atoms with Crippen molar-refractivity contribution in [1.29, 1.82) is 0 Å². The number of rotatable bonds is 8. The first-order valence-electron chi connectivity index (χ1n) is 19.6. The van der Waals surface area contributed by atoms with Gasteiger partial charge in [0.2, 0.25) is 5.71 Å². The van der Waals surface area contributed by atoms with Crippen LogP contribution in [0, 0.1) is 25.0 Å². The van der Waals surface area contributed by atoms with Crippen molar-refractivity contribution in [3.8, 4) is 28.3 Å². The third-order valence-electron chi connectivity index (χ3n) is 10.2. The van der Waals surface area contributed by atoms with Gasteiger partial charge in [0.05, 0.1) is 22.4 Å². The summed E-state index contributed by atoms with van der Waals surface area (Å²) in [6, 6.07) is 40.2. The maximum atomic E-state index is 6.37. The van der Waals surface area contributed by atoms with Gasteiger partial charge in [-0.2, -0.15) is 0 Å². The van der Waals surface area contributed by atoms with Gasteiger partial charge in [0.1, 0.15) is 0 Å². The number of imidazole rings is 1. The van der Waals surface area contributed by atoms with Crippen LogP contribution in [0.15, 0.2) is 108 Å². The summed E-state index contributed by atoms with van der Waals surface area (Å²) >= 11 is -1.86. The molecule has 4 aromatic heterocycles. The topological polar surface area (TPSA) is 56.7 Å². The summed E-state index contributed by atoms with van der Waals surface area (Å²) in [4.78, 5) is 14.5. The number of para-hydroxylation sites is 3. The van der Waals surface area contributed by atoms with Gasteiger partial charge in [0, 0.05) is 36.9 Å². The van der Waals surface area contributed by atoms with Gasteiger partial charge in [-0.25, -0.2) is 4.98 Å². The van der Waals surface area contributed by atoms with Crippen LogP contribution in [0.3, 0.4) is 0 Å². The molecule has 289 valence electrons. The minimum atomic E-state index is -1.86. The van der Waals surface area contributed by atoms with Crippen LogP contribution in [-0.2, 0) is 26.5 Å². The molecule has 0 aliphatic heterocycles. The van der Waals surface area contributed by atoms with Gasteiger partial charge in [0.15, 0.2) is 0 Å². The maximum absolute atomic E-state index is 6.37. The number of furan rings is 1. The molecule has 0 saturated carbocycles. The average Bonchev–Trinajstić information content (AvgIpc) is 3.72. The Morgan fingerprint density at radius 1 is 0.750 bits per heavy atom. The molecule has 0 amide bonds. The molecule has 0 saturated heterocycles. The van der Waals surface area contributed by atoms with Crippen LogP contribution in [0.1, 0.15) is 75.8 Å². The number of hydrogen-bond acceptors (Lipinski definition) is 4. The first-order valence-corrected chi connectivity index (χ1v) is 26.9. The van der Waals surface area contributed by atoms with E-state index in [0.717, 1.165) is 62.1 Å². The minimum Gasteiger partial charge on any atom is -0.486 e. The molecule has 5 nitrogen and oxygen atoms in total. The second-order valence-corrected chi connectivity index (χ2v) is 27.3. The van der Waals surface area contributed by atoms with Gasteiger partial charge in [-0.3, -0.25) is 4.98 Å². The van der Waals surface area contributed by atoms with Crippen LogP contribution in [-0.4, -0.2) is 32.8 Å². The van der Waals surface area contributed by atoms with E-state index in [2.05, 4.69) is 147 Å². The summed E-state index contributed by atoms with van der Waals surface area (Å²) in [5.74, 6) is 9.54. The van der Waals surface area contributed by atoms with Crippen molar-refractivity contribution in [3.05, 3.63) is 138 Å². The maximum Gasteiger partial charge on any atom is 0.216 e. The van der Waals surface area contributed by atoms with Gasteiger partial charge < -0.3 is 8.98 Å². The quantitative estimate of drug-likeness (QED) is 0.112. The van der Waals surface area contributed by atoms with Crippen LogP contribution >= 0.6 is 0 Å². The molecular formula is C49H52GeIrN4O-2. The molecule has 0 unspecified atom stereocenters. The molecular weight excluding hydrogens is 925 g/mol. The van der Waals surface area contributed by atoms with E-state index in [1.54, 1.807) is 4.40 Å². The summed E-state index contributed by atoms with van der Waals surface area (Å²) in [7, 11) is 0. The van der Waals surface area contributed by atoms with Crippen molar-refractivity contribution >= 4 is 50.8 Å². The van der Waals surface area contributed by atoms with Crippen LogP contribution in [0.25, 0.3) is 61.4 Å². The third kappa shape index (κ3) is 8.34.